The molecule has 1 N–H and O–H groups in total. The van der Waals surface area contributed by atoms with Crippen molar-refractivity contribution in [1.82, 2.24) is 0 Å². The molecule has 4 aromatic rings. The van der Waals surface area contributed by atoms with E-state index in [1.54, 1.807) is 0 Å². The second-order valence-electron chi connectivity index (χ2n) is 7.16. The number of hydrogen-bond donors (Lipinski definition) is 1. The molecule has 0 saturated carbocycles. The van der Waals surface area contributed by atoms with Gasteiger partial charge in [-0.05, 0) is 33.7 Å². The standard InChI is InChI=1S/C25H18BrNO/c26-23-14-22-21(15-24(28)27-25(22)20-9-5-4-8-19(20)23)18-12-10-17(11-13-18)16-6-2-1-3-7-16/h1-14,21H,15H2,(H,27,28)/t21-/m1/s1. The van der Waals surface area contributed by atoms with Gasteiger partial charge in [0.05, 0.1) is 5.69 Å². The van der Waals surface area contributed by atoms with E-state index in [0.29, 0.717) is 6.42 Å². The van der Waals surface area contributed by atoms with Crippen molar-refractivity contribution in [3.63, 3.8) is 0 Å². The van der Waals surface area contributed by atoms with Crippen LogP contribution in [0.25, 0.3) is 21.9 Å². The number of hydrogen-bond acceptors (Lipinski definition) is 1. The quantitative estimate of drug-likeness (QED) is 0.376. The molecular formula is C25H18BrNO. The number of anilines is 1. The van der Waals surface area contributed by atoms with Crippen molar-refractivity contribution in [2.75, 3.05) is 5.32 Å². The molecule has 0 aliphatic carbocycles. The van der Waals surface area contributed by atoms with E-state index < -0.39 is 0 Å². The maximum atomic E-state index is 12.5. The largest absolute Gasteiger partial charge is 0.325 e. The highest BCUT2D eigenvalue weighted by molar-refractivity contribution is 9.10. The third kappa shape index (κ3) is 2.92. The van der Waals surface area contributed by atoms with Gasteiger partial charge in [0.1, 0.15) is 0 Å². The molecule has 1 amide bonds. The fraction of sp³-hybridized carbons (Fsp3) is 0.0800. The number of benzene rings is 4. The van der Waals surface area contributed by atoms with Gasteiger partial charge in [-0.1, -0.05) is 94.8 Å². The smallest absolute Gasteiger partial charge is 0.225 e. The summed E-state index contributed by atoms with van der Waals surface area (Å²) < 4.78 is 1.06. The van der Waals surface area contributed by atoms with E-state index in [1.807, 2.05) is 30.3 Å². The Morgan fingerprint density at radius 2 is 1.43 bits per heavy atom. The summed E-state index contributed by atoms with van der Waals surface area (Å²) >= 11 is 3.72. The highest BCUT2D eigenvalue weighted by Crippen LogP contribution is 2.43. The van der Waals surface area contributed by atoms with E-state index in [2.05, 4.69) is 75.8 Å². The first-order valence-electron chi connectivity index (χ1n) is 9.37. The van der Waals surface area contributed by atoms with Crippen LogP contribution in [0.1, 0.15) is 23.5 Å². The minimum absolute atomic E-state index is 0.0504. The third-order valence-corrected chi connectivity index (χ3v) is 6.13. The van der Waals surface area contributed by atoms with Gasteiger partial charge in [-0.15, -0.1) is 0 Å². The van der Waals surface area contributed by atoms with Gasteiger partial charge in [-0.2, -0.15) is 0 Å². The third-order valence-electron chi connectivity index (χ3n) is 5.47. The molecule has 0 unspecified atom stereocenters. The van der Waals surface area contributed by atoms with E-state index in [0.717, 1.165) is 32.1 Å². The fourth-order valence-corrected chi connectivity index (χ4v) is 4.68. The molecule has 5 rings (SSSR count). The Labute approximate surface area is 172 Å². The Kier molecular flexibility index (Phi) is 4.25. The van der Waals surface area contributed by atoms with Crippen molar-refractivity contribution >= 4 is 38.3 Å². The molecule has 0 aromatic heterocycles. The topological polar surface area (TPSA) is 29.1 Å². The molecule has 136 valence electrons. The zero-order valence-corrected chi connectivity index (χ0v) is 16.7. The molecular weight excluding hydrogens is 410 g/mol. The number of carbonyl (C=O) groups is 1. The van der Waals surface area contributed by atoms with E-state index in [1.165, 1.54) is 11.1 Å². The average molecular weight is 428 g/mol. The fourth-order valence-electron chi connectivity index (χ4n) is 4.09. The SMILES string of the molecule is O=C1C[C@H](c2ccc(-c3ccccc3)cc2)c2cc(Br)c3ccccc3c2N1. The first-order chi connectivity index (χ1) is 13.7. The van der Waals surface area contributed by atoms with E-state index >= 15 is 0 Å². The molecule has 28 heavy (non-hydrogen) atoms. The average Bonchev–Trinajstić information content (AvgIpc) is 2.75. The Morgan fingerprint density at radius 1 is 0.786 bits per heavy atom. The zero-order valence-electron chi connectivity index (χ0n) is 15.2. The lowest BCUT2D eigenvalue weighted by molar-refractivity contribution is -0.116. The molecule has 0 bridgehead atoms. The maximum Gasteiger partial charge on any atom is 0.225 e. The monoisotopic (exact) mass is 427 g/mol. The van der Waals surface area contributed by atoms with Crippen molar-refractivity contribution in [2.45, 2.75) is 12.3 Å². The van der Waals surface area contributed by atoms with Gasteiger partial charge in [0, 0.05) is 22.2 Å². The minimum atomic E-state index is 0.0504. The van der Waals surface area contributed by atoms with Crippen molar-refractivity contribution < 1.29 is 4.79 Å². The molecule has 0 radical (unpaired) electrons. The number of nitrogens with one attached hydrogen (secondary N) is 1. The number of amides is 1. The van der Waals surface area contributed by atoms with Crippen LogP contribution in [0.5, 0.6) is 0 Å². The van der Waals surface area contributed by atoms with Crippen LogP contribution >= 0.6 is 15.9 Å². The number of carbonyl (C=O) groups excluding carboxylic acids is 1. The Morgan fingerprint density at radius 3 is 2.18 bits per heavy atom. The summed E-state index contributed by atoms with van der Waals surface area (Å²) in [5.74, 6) is 0.117. The molecule has 2 nitrogen and oxygen atoms in total. The number of halogens is 1. The van der Waals surface area contributed by atoms with Crippen molar-refractivity contribution in [1.29, 1.82) is 0 Å². The van der Waals surface area contributed by atoms with Crippen molar-refractivity contribution in [3.05, 3.63) is 101 Å². The van der Waals surface area contributed by atoms with Gasteiger partial charge in [-0.25, -0.2) is 0 Å². The van der Waals surface area contributed by atoms with E-state index in [4.69, 9.17) is 0 Å². The summed E-state index contributed by atoms with van der Waals surface area (Å²) in [5, 5.41) is 5.29. The normalized spacial score (nSPS) is 15.9. The van der Waals surface area contributed by atoms with Crippen LogP contribution in [-0.2, 0) is 4.79 Å². The molecule has 4 aromatic carbocycles. The van der Waals surface area contributed by atoms with Crippen LogP contribution in [0.4, 0.5) is 5.69 Å². The molecule has 1 aliphatic heterocycles. The van der Waals surface area contributed by atoms with Gasteiger partial charge in [0.15, 0.2) is 0 Å². The number of rotatable bonds is 2. The summed E-state index contributed by atoms with van der Waals surface area (Å²) in [4.78, 5) is 12.5. The van der Waals surface area contributed by atoms with Crippen LogP contribution in [0.2, 0.25) is 0 Å². The lowest BCUT2D eigenvalue weighted by atomic mass is 9.83. The van der Waals surface area contributed by atoms with Crippen LogP contribution in [0.15, 0.2) is 89.4 Å². The summed E-state index contributed by atoms with van der Waals surface area (Å²) in [6.07, 6.45) is 0.461. The molecule has 1 aliphatic rings. The van der Waals surface area contributed by atoms with E-state index in [9.17, 15) is 4.79 Å². The second-order valence-corrected chi connectivity index (χ2v) is 8.02. The summed E-state index contributed by atoms with van der Waals surface area (Å²) in [6.45, 7) is 0. The summed E-state index contributed by atoms with van der Waals surface area (Å²) in [6, 6.07) is 29.3. The first-order valence-corrected chi connectivity index (χ1v) is 10.2. The van der Waals surface area contributed by atoms with E-state index in [-0.39, 0.29) is 11.8 Å². The Balaban J connectivity index is 1.61. The lowest BCUT2D eigenvalue weighted by Gasteiger charge is -2.28. The van der Waals surface area contributed by atoms with Crippen LogP contribution in [0, 0.1) is 0 Å². The summed E-state index contributed by atoms with van der Waals surface area (Å²) in [7, 11) is 0. The van der Waals surface area contributed by atoms with Gasteiger partial charge in [0.25, 0.3) is 0 Å². The molecule has 0 saturated heterocycles. The van der Waals surface area contributed by atoms with Crippen LogP contribution in [-0.4, -0.2) is 5.91 Å². The maximum absolute atomic E-state index is 12.5. The Bertz CT molecular complexity index is 1180. The molecule has 1 heterocycles. The van der Waals surface area contributed by atoms with Crippen LogP contribution in [0.3, 0.4) is 0 Å². The minimum Gasteiger partial charge on any atom is -0.325 e. The van der Waals surface area contributed by atoms with Crippen molar-refractivity contribution in [3.8, 4) is 11.1 Å². The Hall–Kier alpha value is -2.91. The predicted octanol–water partition coefficient (Wildman–Crippen LogP) is 6.74. The molecule has 3 heteroatoms. The van der Waals surface area contributed by atoms with Gasteiger partial charge < -0.3 is 5.32 Å². The van der Waals surface area contributed by atoms with Gasteiger partial charge in [0.2, 0.25) is 5.91 Å². The molecule has 0 spiro atoms. The first kappa shape index (κ1) is 17.2. The number of fused-ring (bicyclic) bond motifs is 3. The molecule has 0 fully saturated rings. The van der Waals surface area contributed by atoms with Crippen molar-refractivity contribution in [2.24, 2.45) is 0 Å². The summed E-state index contributed by atoms with van der Waals surface area (Å²) in [5.41, 5.74) is 5.65. The molecule has 1 atom stereocenters. The zero-order chi connectivity index (χ0) is 19.1. The second kappa shape index (κ2) is 6.92. The highest BCUT2D eigenvalue weighted by atomic mass is 79.9. The predicted molar refractivity (Wildman–Crippen MR) is 119 cm³/mol. The van der Waals surface area contributed by atoms with Gasteiger partial charge in [-0.3, -0.25) is 4.79 Å². The van der Waals surface area contributed by atoms with Crippen LogP contribution < -0.4 is 5.32 Å². The lowest BCUT2D eigenvalue weighted by Crippen LogP contribution is -2.23. The van der Waals surface area contributed by atoms with Gasteiger partial charge >= 0.3 is 0 Å². The highest BCUT2D eigenvalue weighted by Gasteiger charge is 2.28.